The highest BCUT2D eigenvalue weighted by atomic mass is 35.5. The van der Waals surface area contributed by atoms with Gasteiger partial charge in [-0.1, -0.05) is 11.6 Å². The van der Waals surface area contributed by atoms with Crippen LogP contribution >= 0.6 is 11.6 Å². The van der Waals surface area contributed by atoms with E-state index in [2.05, 4.69) is 4.18 Å². The molecule has 0 saturated carbocycles. The molecule has 0 bridgehead atoms. The van der Waals surface area contributed by atoms with Crippen molar-refractivity contribution in [1.29, 1.82) is 0 Å². The first-order valence-electron chi connectivity index (χ1n) is 7.37. The van der Waals surface area contributed by atoms with Crippen LogP contribution < -0.4 is 4.74 Å². The third-order valence-electron chi connectivity index (χ3n) is 3.47. The molecular formula is C17H15ClFNO4S. The maximum atomic E-state index is 13.2. The lowest BCUT2D eigenvalue weighted by atomic mass is 10.2. The summed E-state index contributed by atoms with van der Waals surface area (Å²) in [7, 11) is -3.51. The smallest absolute Gasteiger partial charge is 0.264 e. The van der Waals surface area contributed by atoms with Crippen LogP contribution in [0.5, 0.6) is 5.75 Å². The van der Waals surface area contributed by atoms with Crippen molar-refractivity contribution < 1.29 is 21.7 Å². The largest absolute Gasteiger partial charge is 0.489 e. The normalized spacial score (nSPS) is 11.8. The van der Waals surface area contributed by atoms with Gasteiger partial charge in [-0.2, -0.15) is 8.42 Å². The number of fused-ring (bicyclic) bond motifs is 1. The first-order valence-corrected chi connectivity index (χ1v) is 9.57. The summed E-state index contributed by atoms with van der Waals surface area (Å²) >= 11 is 6.07. The van der Waals surface area contributed by atoms with Crippen LogP contribution in [0.3, 0.4) is 0 Å². The monoisotopic (exact) mass is 383 g/mol. The number of hydrogen-bond acceptors (Lipinski definition) is 4. The predicted molar refractivity (Wildman–Crippen MR) is 94.5 cm³/mol. The van der Waals surface area contributed by atoms with Crippen LogP contribution in [0.2, 0.25) is 5.02 Å². The Labute approximate surface area is 149 Å². The Bertz CT molecular complexity index is 999. The molecule has 3 aromatic rings. The third kappa shape index (κ3) is 4.31. The number of aromatic nitrogens is 1. The van der Waals surface area contributed by atoms with Gasteiger partial charge in [0.15, 0.2) is 0 Å². The lowest BCUT2D eigenvalue weighted by Crippen LogP contribution is -2.11. The summed E-state index contributed by atoms with van der Waals surface area (Å²) in [5.41, 5.74) is 1.59. The molecular weight excluding hydrogens is 369 g/mol. The van der Waals surface area contributed by atoms with Crippen molar-refractivity contribution in [2.45, 2.75) is 0 Å². The molecule has 25 heavy (non-hydrogen) atoms. The fourth-order valence-corrected chi connectivity index (χ4v) is 2.98. The number of halogens is 2. The van der Waals surface area contributed by atoms with Gasteiger partial charge in [-0.15, -0.1) is 0 Å². The van der Waals surface area contributed by atoms with Gasteiger partial charge in [0.25, 0.3) is 10.1 Å². The van der Waals surface area contributed by atoms with E-state index in [0.717, 1.165) is 22.8 Å². The minimum Gasteiger partial charge on any atom is -0.489 e. The molecule has 5 nitrogen and oxygen atoms in total. The van der Waals surface area contributed by atoms with E-state index < -0.39 is 10.1 Å². The molecule has 0 unspecified atom stereocenters. The van der Waals surface area contributed by atoms with E-state index in [1.54, 1.807) is 30.5 Å². The molecule has 0 aliphatic carbocycles. The first kappa shape index (κ1) is 17.7. The first-order chi connectivity index (χ1) is 11.8. The molecule has 1 aromatic heterocycles. The summed E-state index contributed by atoms with van der Waals surface area (Å²) in [6.45, 7) is -0.0370. The molecule has 0 radical (unpaired) electrons. The second-order valence-corrected chi connectivity index (χ2v) is 7.46. The molecule has 3 rings (SSSR count). The standard InChI is InChI=1S/C17H15ClFNO4S/c1-25(21,22)24-9-8-23-17-11-20(14-5-3-13(19)4-6-14)16-7-2-12(18)10-15(16)17/h2-7,10-11H,8-9H2,1H3. The van der Waals surface area contributed by atoms with Crippen molar-refractivity contribution >= 4 is 32.6 Å². The second kappa shape index (κ2) is 7.03. The van der Waals surface area contributed by atoms with Gasteiger partial charge in [0, 0.05) is 16.1 Å². The van der Waals surface area contributed by atoms with Crippen LogP contribution in [0.1, 0.15) is 0 Å². The lowest BCUT2D eigenvalue weighted by molar-refractivity contribution is 0.224. The van der Waals surface area contributed by atoms with E-state index in [1.165, 1.54) is 12.1 Å². The quantitative estimate of drug-likeness (QED) is 0.480. The molecule has 0 spiro atoms. The average Bonchev–Trinajstić information content (AvgIpc) is 2.89. The topological polar surface area (TPSA) is 57.5 Å². The molecule has 8 heteroatoms. The van der Waals surface area contributed by atoms with Crippen LogP contribution in [0.4, 0.5) is 4.39 Å². The maximum Gasteiger partial charge on any atom is 0.264 e. The highest BCUT2D eigenvalue weighted by Gasteiger charge is 2.12. The van der Waals surface area contributed by atoms with Gasteiger partial charge in [-0.3, -0.25) is 4.18 Å². The Morgan fingerprint density at radius 2 is 1.84 bits per heavy atom. The fraction of sp³-hybridized carbons (Fsp3) is 0.176. The van der Waals surface area contributed by atoms with Crippen molar-refractivity contribution in [3.8, 4) is 11.4 Å². The fourth-order valence-electron chi connectivity index (χ4n) is 2.44. The molecule has 0 atom stereocenters. The summed E-state index contributed by atoms with van der Waals surface area (Å²) in [5.74, 6) is 0.205. The molecule has 0 saturated heterocycles. The van der Waals surface area contributed by atoms with Crippen molar-refractivity contribution in [2.75, 3.05) is 19.5 Å². The van der Waals surface area contributed by atoms with Crippen LogP contribution in [0, 0.1) is 5.82 Å². The van der Waals surface area contributed by atoms with Gasteiger partial charge in [0.05, 0.1) is 18.0 Å². The van der Waals surface area contributed by atoms with Crippen molar-refractivity contribution in [1.82, 2.24) is 4.57 Å². The van der Waals surface area contributed by atoms with Gasteiger partial charge >= 0.3 is 0 Å². The van der Waals surface area contributed by atoms with E-state index >= 15 is 0 Å². The summed E-state index contributed by atoms with van der Waals surface area (Å²) in [6, 6.07) is 11.4. The van der Waals surface area contributed by atoms with Crippen molar-refractivity contribution in [3.05, 3.63) is 59.5 Å². The van der Waals surface area contributed by atoms with Gasteiger partial charge in [0.2, 0.25) is 0 Å². The molecule has 0 amide bonds. The zero-order valence-corrected chi connectivity index (χ0v) is 14.8. The molecule has 0 aliphatic heterocycles. The minimum absolute atomic E-state index is 0.0577. The van der Waals surface area contributed by atoms with Gasteiger partial charge < -0.3 is 9.30 Å². The van der Waals surface area contributed by atoms with Crippen LogP contribution in [-0.4, -0.2) is 32.5 Å². The minimum atomic E-state index is -3.51. The van der Waals surface area contributed by atoms with E-state index in [9.17, 15) is 12.8 Å². The van der Waals surface area contributed by atoms with E-state index in [0.29, 0.717) is 10.8 Å². The second-order valence-electron chi connectivity index (χ2n) is 5.38. The summed E-state index contributed by atoms with van der Waals surface area (Å²) < 4.78 is 47.3. The number of hydrogen-bond donors (Lipinski definition) is 0. The van der Waals surface area contributed by atoms with Crippen LogP contribution in [-0.2, 0) is 14.3 Å². The summed E-state index contributed by atoms with van der Waals surface area (Å²) in [4.78, 5) is 0. The Morgan fingerprint density at radius 1 is 1.12 bits per heavy atom. The lowest BCUT2D eigenvalue weighted by Gasteiger charge is -2.05. The predicted octanol–water partition coefficient (Wildman–Crippen LogP) is 3.78. The van der Waals surface area contributed by atoms with Crippen molar-refractivity contribution in [2.24, 2.45) is 0 Å². The molecule has 0 fully saturated rings. The third-order valence-corrected chi connectivity index (χ3v) is 4.30. The maximum absolute atomic E-state index is 13.2. The Hall–Kier alpha value is -2.09. The van der Waals surface area contributed by atoms with Gasteiger partial charge in [0.1, 0.15) is 24.8 Å². The van der Waals surface area contributed by atoms with Crippen LogP contribution in [0.15, 0.2) is 48.7 Å². The number of rotatable bonds is 6. The summed E-state index contributed by atoms with van der Waals surface area (Å²) in [5, 5.41) is 1.30. The zero-order chi connectivity index (χ0) is 18.0. The molecule has 2 aromatic carbocycles. The number of nitrogens with zero attached hydrogens (tertiary/aromatic N) is 1. The Kier molecular flexibility index (Phi) is 4.99. The average molecular weight is 384 g/mol. The Morgan fingerprint density at radius 3 is 2.52 bits per heavy atom. The molecule has 0 aliphatic rings. The zero-order valence-electron chi connectivity index (χ0n) is 13.3. The number of benzene rings is 2. The Balaban J connectivity index is 1.92. The highest BCUT2D eigenvalue weighted by molar-refractivity contribution is 7.85. The SMILES string of the molecule is CS(=O)(=O)OCCOc1cn(-c2ccc(F)cc2)c2ccc(Cl)cc12. The summed E-state index contributed by atoms with van der Waals surface area (Å²) in [6.07, 6.45) is 2.72. The van der Waals surface area contributed by atoms with E-state index in [-0.39, 0.29) is 19.0 Å². The molecule has 132 valence electrons. The highest BCUT2D eigenvalue weighted by Crippen LogP contribution is 2.32. The van der Waals surface area contributed by atoms with Crippen LogP contribution in [0.25, 0.3) is 16.6 Å². The molecule has 0 N–H and O–H groups in total. The van der Waals surface area contributed by atoms with E-state index in [4.69, 9.17) is 16.3 Å². The van der Waals surface area contributed by atoms with Gasteiger partial charge in [-0.05, 0) is 42.5 Å². The molecule has 1 heterocycles. The van der Waals surface area contributed by atoms with Gasteiger partial charge in [-0.25, -0.2) is 4.39 Å². The van der Waals surface area contributed by atoms with E-state index in [1.807, 2.05) is 10.6 Å². The van der Waals surface area contributed by atoms with Crippen molar-refractivity contribution in [3.63, 3.8) is 0 Å². The number of ether oxygens (including phenoxy) is 1.